The first kappa shape index (κ1) is 16.7. The fraction of sp³-hybridized carbons (Fsp3) is 0.800. The second kappa shape index (κ2) is 8.05. The zero-order chi connectivity index (χ0) is 14.4. The molecule has 1 N–H and O–H groups in total. The van der Waals surface area contributed by atoms with Crippen molar-refractivity contribution in [2.45, 2.75) is 66.5 Å². The Morgan fingerprint density at radius 3 is 2.53 bits per heavy atom. The second-order valence-electron chi connectivity index (χ2n) is 5.30. The van der Waals surface area contributed by atoms with E-state index >= 15 is 0 Å². The maximum absolute atomic E-state index is 4.59. The Kier molecular flexibility index (Phi) is 7.08. The molecule has 0 fully saturated rings. The van der Waals surface area contributed by atoms with Gasteiger partial charge in [-0.2, -0.15) is 5.10 Å². The lowest BCUT2D eigenvalue weighted by Gasteiger charge is -2.25. The summed E-state index contributed by atoms with van der Waals surface area (Å²) in [4.78, 5) is 0. The molecular formula is C15H28BrN3. The van der Waals surface area contributed by atoms with Crippen LogP contribution in [-0.4, -0.2) is 22.4 Å². The minimum atomic E-state index is 0.530. The van der Waals surface area contributed by atoms with Crippen LogP contribution in [0.5, 0.6) is 0 Å². The molecule has 0 aliphatic rings. The Morgan fingerprint density at radius 2 is 2.00 bits per heavy atom. The van der Waals surface area contributed by atoms with Crippen LogP contribution in [-0.2, 0) is 13.0 Å². The average Bonchev–Trinajstić information content (AvgIpc) is 2.66. The average molecular weight is 330 g/mol. The summed E-state index contributed by atoms with van der Waals surface area (Å²) in [6.45, 7) is 13.0. The van der Waals surface area contributed by atoms with E-state index in [1.54, 1.807) is 0 Å². The Labute approximate surface area is 126 Å². The predicted molar refractivity (Wildman–Crippen MR) is 85.6 cm³/mol. The van der Waals surface area contributed by atoms with E-state index in [9.17, 15) is 0 Å². The first-order valence-electron chi connectivity index (χ1n) is 7.50. The molecule has 4 heteroatoms. The first-order valence-corrected chi connectivity index (χ1v) is 8.29. The van der Waals surface area contributed by atoms with Crippen molar-refractivity contribution in [1.29, 1.82) is 0 Å². The fourth-order valence-electron chi connectivity index (χ4n) is 2.67. The van der Waals surface area contributed by atoms with Crippen molar-refractivity contribution >= 4 is 15.9 Å². The molecule has 1 rings (SSSR count). The first-order chi connectivity index (χ1) is 9.04. The van der Waals surface area contributed by atoms with Gasteiger partial charge in [0.2, 0.25) is 0 Å². The Morgan fingerprint density at radius 1 is 1.32 bits per heavy atom. The third kappa shape index (κ3) is 4.32. The van der Waals surface area contributed by atoms with E-state index in [1.807, 2.05) is 0 Å². The third-order valence-electron chi connectivity index (χ3n) is 3.76. The van der Waals surface area contributed by atoms with Crippen molar-refractivity contribution in [3.05, 3.63) is 15.9 Å². The standard InChI is InChI=1S/C15H28BrN3/c1-6-9-11(4)13(17-7-2)10-14-15(16)12(5)18-19(14)8-3/h11,13,17H,6-10H2,1-5H3. The molecule has 0 amide bonds. The zero-order valence-electron chi connectivity index (χ0n) is 13.0. The number of nitrogens with one attached hydrogen (secondary N) is 1. The summed E-state index contributed by atoms with van der Waals surface area (Å²) in [7, 11) is 0. The van der Waals surface area contributed by atoms with Gasteiger partial charge in [0.15, 0.2) is 0 Å². The van der Waals surface area contributed by atoms with Gasteiger partial charge < -0.3 is 5.32 Å². The van der Waals surface area contributed by atoms with E-state index in [0.717, 1.165) is 25.2 Å². The maximum Gasteiger partial charge on any atom is 0.0738 e. The molecule has 2 atom stereocenters. The lowest BCUT2D eigenvalue weighted by atomic mass is 9.93. The van der Waals surface area contributed by atoms with Gasteiger partial charge in [-0.15, -0.1) is 0 Å². The Bertz CT molecular complexity index is 387. The molecule has 3 nitrogen and oxygen atoms in total. The summed E-state index contributed by atoms with van der Waals surface area (Å²) < 4.78 is 3.31. The van der Waals surface area contributed by atoms with Crippen LogP contribution in [0, 0.1) is 12.8 Å². The number of likely N-dealkylation sites (N-methyl/N-ethyl adjacent to an activating group) is 1. The van der Waals surface area contributed by atoms with Crippen LogP contribution in [0.25, 0.3) is 0 Å². The summed E-state index contributed by atoms with van der Waals surface area (Å²) in [5.41, 5.74) is 2.42. The van der Waals surface area contributed by atoms with Crippen LogP contribution in [0.15, 0.2) is 4.47 Å². The van der Waals surface area contributed by atoms with Crippen LogP contribution < -0.4 is 5.32 Å². The number of hydrogen-bond acceptors (Lipinski definition) is 2. The van der Waals surface area contributed by atoms with Crippen LogP contribution in [0.1, 0.15) is 51.9 Å². The van der Waals surface area contributed by atoms with Gasteiger partial charge in [-0.05, 0) is 48.7 Å². The minimum Gasteiger partial charge on any atom is -0.314 e. The number of halogens is 1. The third-order valence-corrected chi connectivity index (χ3v) is 4.79. The molecule has 1 aromatic rings. The number of hydrogen-bond donors (Lipinski definition) is 1. The van der Waals surface area contributed by atoms with Crippen molar-refractivity contribution in [3.8, 4) is 0 Å². The van der Waals surface area contributed by atoms with E-state index in [0.29, 0.717) is 12.0 Å². The molecule has 1 aromatic heterocycles. The molecule has 0 saturated heterocycles. The van der Waals surface area contributed by atoms with Gasteiger partial charge in [-0.25, -0.2) is 0 Å². The molecule has 0 aliphatic carbocycles. The van der Waals surface area contributed by atoms with Crippen molar-refractivity contribution in [2.75, 3.05) is 6.54 Å². The number of rotatable bonds is 8. The fourth-order valence-corrected chi connectivity index (χ4v) is 3.11. The molecular weight excluding hydrogens is 302 g/mol. The van der Waals surface area contributed by atoms with E-state index in [2.05, 4.69) is 65.6 Å². The highest BCUT2D eigenvalue weighted by Crippen LogP contribution is 2.24. The lowest BCUT2D eigenvalue weighted by Crippen LogP contribution is -2.37. The molecule has 1 heterocycles. The smallest absolute Gasteiger partial charge is 0.0738 e. The highest BCUT2D eigenvalue weighted by molar-refractivity contribution is 9.10. The van der Waals surface area contributed by atoms with Gasteiger partial charge in [0, 0.05) is 19.0 Å². The van der Waals surface area contributed by atoms with Crippen molar-refractivity contribution in [1.82, 2.24) is 15.1 Å². The minimum absolute atomic E-state index is 0.530. The molecule has 0 aromatic carbocycles. The van der Waals surface area contributed by atoms with Crippen LogP contribution in [0.2, 0.25) is 0 Å². The highest BCUT2D eigenvalue weighted by atomic mass is 79.9. The lowest BCUT2D eigenvalue weighted by molar-refractivity contribution is 0.350. The Balaban J connectivity index is 2.89. The number of aromatic nitrogens is 2. The van der Waals surface area contributed by atoms with Gasteiger partial charge >= 0.3 is 0 Å². The zero-order valence-corrected chi connectivity index (χ0v) is 14.5. The van der Waals surface area contributed by atoms with Gasteiger partial charge in [-0.3, -0.25) is 4.68 Å². The predicted octanol–water partition coefficient (Wildman–Crippen LogP) is 3.93. The van der Waals surface area contributed by atoms with Crippen molar-refractivity contribution in [3.63, 3.8) is 0 Å². The van der Waals surface area contributed by atoms with E-state index in [4.69, 9.17) is 0 Å². The largest absolute Gasteiger partial charge is 0.314 e. The van der Waals surface area contributed by atoms with Crippen molar-refractivity contribution < 1.29 is 0 Å². The molecule has 0 bridgehead atoms. The van der Waals surface area contributed by atoms with E-state index < -0.39 is 0 Å². The van der Waals surface area contributed by atoms with Gasteiger partial charge in [0.05, 0.1) is 15.9 Å². The van der Waals surface area contributed by atoms with Crippen LogP contribution in [0.4, 0.5) is 0 Å². The summed E-state index contributed by atoms with van der Waals surface area (Å²) in [5.74, 6) is 0.692. The molecule has 0 spiro atoms. The molecule has 19 heavy (non-hydrogen) atoms. The second-order valence-corrected chi connectivity index (χ2v) is 6.09. The normalized spacial score (nSPS) is 14.6. The summed E-state index contributed by atoms with van der Waals surface area (Å²) in [6.07, 6.45) is 3.56. The molecule has 110 valence electrons. The van der Waals surface area contributed by atoms with Crippen LogP contribution in [0.3, 0.4) is 0 Å². The highest BCUT2D eigenvalue weighted by Gasteiger charge is 2.21. The van der Waals surface area contributed by atoms with Crippen molar-refractivity contribution in [2.24, 2.45) is 5.92 Å². The van der Waals surface area contributed by atoms with Gasteiger partial charge in [0.25, 0.3) is 0 Å². The molecule has 0 saturated carbocycles. The van der Waals surface area contributed by atoms with E-state index in [1.165, 1.54) is 23.0 Å². The molecule has 2 unspecified atom stereocenters. The van der Waals surface area contributed by atoms with Gasteiger partial charge in [0.1, 0.15) is 0 Å². The quantitative estimate of drug-likeness (QED) is 0.783. The topological polar surface area (TPSA) is 29.9 Å². The van der Waals surface area contributed by atoms with Gasteiger partial charge in [-0.1, -0.05) is 27.2 Å². The number of aryl methyl sites for hydroxylation is 2. The van der Waals surface area contributed by atoms with E-state index in [-0.39, 0.29) is 0 Å². The summed E-state index contributed by atoms with van der Waals surface area (Å²) >= 11 is 3.70. The monoisotopic (exact) mass is 329 g/mol. The van der Waals surface area contributed by atoms with Crippen LogP contribution >= 0.6 is 15.9 Å². The summed E-state index contributed by atoms with van der Waals surface area (Å²) in [6, 6.07) is 0.530. The molecule has 0 aliphatic heterocycles. The Hall–Kier alpha value is -0.350. The number of nitrogens with zero attached hydrogens (tertiary/aromatic N) is 2. The summed E-state index contributed by atoms with van der Waals surface area (Å²) in [5, 5.41) is 8.23. The SMILES string of the molecule is CCCC(C)C(Cc1c(Br)c(C)nn1CC)NCC. The maximum atomic E-state index is 4.59. The molecule has 0 radical (unpaired) electrons.